The lowest BCUT2D eigenvalue weighted by atomic mass is 10.2. The first-order valence-electron chi connectivity index (χ1n) is 7.22. The van der Waals surface area contributed by atoms with Crippen molar-refractivity contribution in [2.45, 2.75) is 4.34 Å². The number of carbonyl (C=O) groups is 1. The fraction of sp³-hybridized carbons (Fsp3) is 0.200. The number of aliphatic hydroxyl groups excluding tert-OH is 1. The van der Waals surface area contributed by atoms with E-state index >= 15 is 0 Å². The van der Waals surface area contributed by atoms with E-state index in [4.69, 9.17) is 4.74 Å². The van der Waals surface area contributed by atoms with Crippen molar-refractivity contribution in [1.29, 1.82) is 0 Å². The van der Waals surface area contributed by atoms with Crippen LogP contribution in [0.5, 0.6) is 0 Å². The first-order valence-corrected chi connectivity index (χ1v) is 9.02. The average Bonchev–Trinajstić information content (AvgIpc) is 3.26. The van der Waals surface area contributed by atoms with Gasteiger partial charge in [-0.05, 0) is 12.1 Å². The van der Waals surface area contributed by atoms with Crippen LogP contribution in [0, 0.1) is 0 Å². The van der Waals surface area contributed by atoms with Crippen molar-refractivity contribution >= 4 is 50.8 Å². The van der Waals surface area contributed by atoms with Crippen molar-refractivity contribution in [3.8, 4) is 0 Å². The third-order valence-electron chi connectivity index (χ3n) is 3.26. The Hall–Kier alpha value is -2.59. The van der Waals surface area contributed by atoms with Crippen LogP contribution < -0.4 is 5.32 Å². The number of rotatable bonds is 6. The van der Waals surface area contributed by atoms with Crippen molar-refractivity contribution in [3.63, 3.8) is 0 Å². The zero-order chi connectivity index (χ0) is 17.8. The molecule has 2 heterocycles. The lowest BCUT2D eigenvalue weighted by molar-refractivity contribution is -0.133. The highest BCUT2D eigenvalue weighted by Gasteiger charge is 2.22. The molecule has 0 fully saturated rings. The molecule has 130 valence electrons. The molecule has 0 amide bonds. The predicted octanol–water partition coefficient (Wildman–Crippen LogP) is 2.69. The van der Waals surface area contributed by atoms with E-state index in [1.54, 1.807) is 7.05 Å². The molecule has 3 aromatic rings. The van der Waals surface area contributed by atoms with Gasteiger partial charge in [0.05, 0.1) is 23.9 Å². The van der Waals surface area contributed by atoms with Crippen LogP contribution in [0.3, 0.4) is 0 Å². The third-order valence-corrected chi connectivity index (χ3v) is 5.34. The molecule has 0 aliphatic heterocycles. The van der Waals surface area contributed by atoms with E-state index in [-0.39, 0.29) is 22.9 Å². The summed E-state index contributed by atoms with van der Waals surface area (Å²) in [5.41, 5.74) is 1.47. The Morgan fingerprint density at radius 2 is 2.20 bits per heavy atom. The highest BCUT2D eigenvalue weighted by atomic mass is 32.2. The van der Waals surface area contributed by atoms with Gasteiger partial charge in [0, 0.05) is 7.05 Å². The molecule has 0 spiro atoms. The molecule has 0 atom stereocenters. The number of methoxy groups -OCH3 is 1. The number of fused-ring (bicyclic) bond motifs is 1. The number of para-hydroxylation sites is 2. The molecule has 3 N–H and O–H groups in total. The lowest BCUT2D eigenvalue weighted by Crippen LogP contribution is -2.09. The van der Waals surface area contributed by atoms with Gasteiger partial charge in [0.1, 0.15) is 17.2 Å². The first-order chi connectivity index (χ1) is 12.1. The third kappa shape index (κ3) is 3.74. The summed E-state index contributed by atoms with van der Waals surface area (Å²) >= 11 is 2.63. The number of aromatic amines is 1. The van der Waals surface area contributed by atoms with Gasteiger partial charge < -0.3 is 20.1 Å². The minimum Gasteiger partial charge on any atom is -0.510 e. The highest BCUT2D eigenvalue weighted by molar-refractivity contribution is 8.01. The zero-order valence-electron chi connectivity index (χ0n) is 13.4. The number of carbonyl (C=O) groups excluding carboxylic acids is 1. The molecule has 8 nitrogen and oxygen atoms in total. The van der Waals surface area contributed by atoms with Crippen LogP contribution in [0.15, 0.2) is 34.4 Å². The Balaban J connectivity index is 1.90. The lowest BCUT2D eigenvalue weighted by Gasteiger charge is -2.06. The summed E-state index contributed by atoms with van der Waals surface area (Å²) in [6.07, 6.45) is 0. The fourth-order valence-electron chi connectivity index (χ4n) is 2.10. The molecular weight excluding hydrogens is 362 g/mol. The Kier molecular flexibility index (Phi) is 5.19. The number of hydrogen-bond donors (Lipinski definition) is 3. The number of imidazole rings is 1. The molecule has 0 saturated carbocycles. The summed E-state index contributed by atoms with van der Waals surface area (Å²) in [6.45, 7) is 0. The quantitative estimate of drug-likeness (QED) is 0.260. The van der Waals surface area contributed by atoms with Crippen molar-refractivity contribution in [2.24, 2.45) is 0 Å². The van der Waals surface area contributed by atoms with Crippen LogP contribution in [-0.4, -0.2) is 51.2 Å². The van der Waals surface area contributed by atoms with Gasteiger partial charge in [-0.3, -0.25) is 0 Å². The van der Waals surface area contributed by atoms with Gasteiger partial charge in [-0.1, -0.05) is 35.2 Å². The Bertz CT molecular complexity index is 901. The van der Waals surface area contributed by atoms with Gasteiger partial charge in [0.15, 0.2) is 4.34 Å². The summed E-state index contributed by atoms with van der Waals surface area (Å²) in [4.78, 5) is 19.5. The van der Waals surface area contributed by atoms with Gasteiger partial charge in [-0.2, -0.15) is 0 Å². The van der Waals surface area contributed by atoms with Crippen molar-refractivity contribution in [2.75, 3.05) is 25.2 Å². The molecule has 0 saturated heterocycles. The van der Waals surface area contributed by atoms with E-state index in [1.165, 1.54) is 30.2 Å². The Morgan fingerprint density at radius 3 is 2.88 bits per heavy atom. The molecule has 0 radical (unpaired) electrons. The second-order valence-corrected chi connectivity index (χ2v) is 7.03. The standard InChI is InChI=1S/C15H15N5O3S2/c1-16-14-19-20-15(25-14)24-7-10(21)11(13(22)23-2)12-17-8-5-3-4-6-9(8)18-12/h3-6,21H,7H2,1-2H3,(H,16,19)(H,17,18)/b11-10+. The molecule has 3 rings (SSSR count). The summed E-state index contributed by atoms with van der Waals surface area (Å²) in [5.74, 6) is -0.401. The Labute approximate surface area is 151 Å². The molecule has 0 aliphatic carbocycles. The van der Waals surface area contributed by atoms with E-state index in [0.717, 1.165) is 5.52 Å². The number of nitrogens with zero attached hydrogens (tertiary/aromatic N) is 3. The minimum absolute atomic E-state index is 0.00422. The predicted molar refractivity (Wildman–Crippen MR) is 97.8 cm³/mol. The molecule has 0 unspecified atom stereocenters. The average molecular weight is 377 g/mol. The van der Waals surface area contributed by atoms with Gasteiger partial charge in [0.25, 0.3) is 0 Å². The molecule has 25 heavy (non-hydrogen) atoms. The Morgan fingerprint density at radius 1 is 1.40 bits per heavy atom. The van der Waals surface area contributed by atoms with Crippen LogP contribution in [0.25, 0.3) is 16.6 Å². The maximum atomic E-state index is 12.1. The summed E-state index contributed by atoms with van der Waals surface area (Å²) in [5, 5.41) is 21.9. The van der Waals surface area contributed by atoms with E-state index in [2.05, 4.69) is 25.5 Å². The molecule has 2 aromatic heterocycles. The molecule has 0 bridgehead atoms. The fourth-order valence-corrected chi connectivity index (χ4v) is 3.68. The molecule has 0 aliphatic rings. The second kappa shape index (κ2) is 7.53. The van der Waals surface area contributed by atoms with Crippen LogP contribution in [0.2, 0.25) is 0 Å². The number of aliphatic hydroxyl groups is 1. The van der Waals surface area contributed by atoms with Crippen molar-refractivity contribution in [1.82, 2.24) is 20.2 Å². The minimum atomic E-state index is -0.662. The summed E-state index contributed by atoms with van der Waals surface area (Å²) in [6, 6.07) is 7.36. The summed E-state index contributed by atoms with van der Waals surface area (Å²) < 4.78 is 5.47. The van der Waals surface area contributed by atoms with Crippen molar-refractivity contribution in [3.05, 3.63) is 35.8 Å². The summed E-state index contributed by atoms with van der Waals surface area (Å²) in [7, 11) is 3.01. The van der Waals surface area contributed by atoms with Crippen LogP contribution in [0.4, 0.5) is 5.13 Å². The molecule has 10 heteroatoms. The number of ether oxygens (including phenoxy) is 1. The zero-order valence-corrected chi connectivity index (χ0v) is 15.1. The van der Waals surface area contributed by atoms with Crippen LogP contribution in [-0.2, 0) is 9.53 Å². The van der Waals surface area contributed by atoms with Gasteiger partial charge >= 0.3 is 5.97 Å². The first kappa shape index (κ1) is 17.2. The number of hydrogen-bond acceptors (Lipinski definition) is 9. The monoisotopic (exact) mass is 377 g/mol. The van der Waals surface area contributed by atoms with Gasteiger partial charge in [-0.15, -0.1) is 10.2 Å². The van der Waals surface area contributed by atoms with Crippen LogP contribution >= 0.6 is 23.1 Å². The largest absolute Gasteiger partial charge is 0.510 e. The van der Waals surface area contributed by atoms with Gasteiger partial charge in [0.2, 0.25) is 5.13 Å². The number of thioether (sulfide) groups is 1. The highest BCUT2D eigenvalue weighted by Crippen LogP contribution is 2.28. The number of nitrogens with one attached hydrogen (secondary N) is 2. The number of H-pyrrole nitrogens is 1. The van der Waals surface area contributed by atoms with Crippen molar-refractivity contribution < 1.29 is 14.6 Å². The maximum absolute atomic E-state index is 12.1. The molecular formula is C15H15N5O3S2. The van der Waals surface area contributed by atoms with E-state index in [0.29, 0.717) is 15.0 Å². The maximum Gasteiger partial charge on any atom is 0.345 e. The molecule has 1 aromatic carbocycles. The number of benzene rings is 1. The smallest absolute Gasteiger partial charge is 0.345 e. The van der Waals surface area contributed by atoms with Crippen LogP contribution in [0.1, 0.15) is 5.82 Å². The van der Waals surface area contributed by atoms with E-state index in [1.807, 2.05) is 24.3 Å². The SMILES string of the molecule is CNc1nnc(SC/C(O)=C(\C(=O)OC)c2nc3ccccc3[nH]2)s1. The van der Waals surface area contributed by atoms with E-state index < -0.39 is 5.97 Å². The normalized spacial score (nSPS) is 12.1. The number of aromatic nitrogens is 4. The van der Waals surface area contributed by atoms with Gasteiger partial charge in [-0.25, -0.2) is 9.78 Å². The number of anilines is 1. The number of esters is 1. The topological polar surface area (TPSA) is 113 Å². The second-order valence-electron chi connectivity index (χ2n) is 4.83. The van der Waals surface area contributed by atoms with E-state index in [9.17, 15) is 9.90 Å².